The number of aliphatic hydroxyl groups excluding tert-OH is 1. The second kappa shape index (κ2) is 12.7. The number of aromatic nitrogens is 2. The minimum atomic E-state index is -3.36. The third kappa shape index (κ3) is 9.43. The van der Waals surface area contributed by atoms with Crippen molar-refractivity contribution in [3.05, 3.63) is 66.1 Å². The lowest BCUT2D eigenvalue weighted by Crippen LogP contribution is -2.17. The summed E-state index contributed by atoms with van der Waals surface area (Å²) in [5, 5.41) is 12.0. The quantitative estimate of drug-likeness (QED) is 0.294. The number of hydrogen-bond donors (Lipinski definition) is 2. The van der Waals surface area contributed by atoms with E-state index in [9.17, 15) is 22.9 Å². The Kier molecular flexibility index (Phi) is 9.84. The maximum Gasteiger partial charge on any atom is 0.257 e. The molecule has 11 nitrogen and oxygen atoms in total. The van der Waals surface area contributed by atoms with E-state index in [0.717, 1.165) is 6.26 Å². The molecule has 3 rings (SSSR count). The summed E-state index contributed by atoms with van der Waals surface area (Å²) in [6, 6.07) is 10.3. The SMILES string of the molecule is CC(C)OP(C)(=O)Cc1cnc(NC(=O)c2cc(Oc3ccc(S(C)(=O)=O)cc3)cc(O[C@@H](C)CO)c2)cn1. The number of benzene rings is 2. The van der Waals surface area contributed by atoms with Gasteiger partial charge in [-0.05, 0) is 57.2 Å². The molecule has 0 spiro atoms. The lowest BCUT2D eigenvalue weighted by Gasteiger charge is -2.16. The van der Waals surface area contributed by atoms with E-state index in [0.29, 0.717) is 11.4 Å². The largest absolute Gasteiger partial charge is 0.488 e. The fourth-order valence-corrected chi connectivity index (χ4v) is 5.81. The fourth-order valence-electron chi connectivity index (χ4n) is 3.46. The molecule has 1 heterocycles. The molecule has 210 valence electrons. The summed E-state index contributed by atoms with van der Waals surface area (Å²) in [6.07, 6.45) is 3.27. The Morgan fingerprint density at radius 3 is 2.26 bits per heavy atom. The zero-order chi connectivity index (χ0) is 28.8. The van der Waals surface area contributed by atoms with Gasteiger partial charge in [0.1, 0.15) is 23.4 Å². The number of anilines is 1. The van der Waals surface area contributed by atoms with Crippen LogP contribution in [0, 0.1) is 0 Å². The molecule has 0 aliphatic heterocycles. The number of rotatable bonds is 12. The van der Waals surface area contributed by atoms with Crippen LogP contribution in [0.15, 0.2) is 59.8 Å². The van der Waals surface area contributed by atoms with Crippen molar-refractivity contribution in [2.75, 3.05) is 24.8 Å². The van der Waals surface area contributed by atoms with Gasteiger partial charge in [0.25, 0.3) is 5.91 Å². The van der Waals surface area contributed by atoms with Gasteiger partial charge < -0.3 is 24.4 Å². The Balaban J connectivity index is 1.80. The predicted molar refractivity (Wildman–Crippen MR) is 147 cm³/mol. The number of ether oxygens (including phenoxy) is 2. The van der Waals surface area contributed by atoms with Gasteiger partial charge in [0.2, 0.25) is 7.37 Å². The molecule has 13 heteroatoms. The Labute approximate surface area is 227 Å². The molecule has 0 bridgehead atoms. The van der Waals surface area contributed by atoms with Crippen molar-refractivity contribution in [1.29, 1.82) is 0 Å². The van der Waals surface area contributed by atoms with Crippen molar-refractivity contribution in [3.8, 4) is 17.2 Å². The fraction of sp³-hybridized carbons (Fsp3) is 0.346. The van der Waals surface area contributed by atoms with Gasteiger partial charge >= 0.3 is 0 Å². The van der Waals surface area contributed by atoms with Crippen molar-refractivity contribution in [2.24, 2.45) is 0 Å². The Bertz CT molecular complexity index is 1450. The minimum absolute atomic E-state index is 0.112. The molecule has 0 saturated carbocycles. The number of sulfone groups is 1. The maximum atomic E-state index is 13.0. The van der Waals surface area contributed by atoms with Gasteiger partial charge in [-0.15, -0.1) is 0 Å². The van der Waals surface area contributed by atoms with Crippen LogP contribution in [-0.2, 0) is 25.1 Å². The molecule has 39 heavy (non-hydrogen) atoms. The molecule has 0 aliphatic carbocycles. The molecule has 1 unspecified atom stereocenters. The molecule has 0 fully saturated rings. The summed E-state index contributed by atoms with van der Waals surface area (Å²) in [5.74, 6) is 0.517. The summed E-state index contributed by atoms with van der Waals surface area (Å²) in [5.41, 5.74) is 0.639. The van der Waals surface area contributed by atoms with Crippen molar-refractivity contribution >= 4 is 28.9 Å². The highest BCUT2D eigenvalue weighted by Gasteiger charge is 2.20. The van der Waals surface area contributed by atoms with Crippen LogP contribution < -0.4 is 14.8 Å². The van der Waals surface area contributed by atoms with E-state index in [4.69, 9.17) is 14.0 Å². The van der Waals surface area contributed by atoms with E-state index in [1.807, 2.05) is 0 Å². The molecule has 0 radical (unpaired) electrons. The number of aliphatic hydroxyl groups is 1. The maximum absolute atomic E-state index is 13.0. The first kappa shape index (κ1) is 30.2. The second-order valence-corrected chi connectivity index (χ2v) is 13.9. The molecular weight excluding hydrogens is 545 g/mol. The molecule has 2 N–H and O–H groups in total. The highest BCUT2D eigenvalue weighted by Crippen LogP contribution is 2.46. The van der Waals surface area contributed by atoms with E-state index in [1.165, 1.54) is 55.5 Å². The van der Waals surface area contributed by atoms with E-state index in [1.54, 1.807) is 26.8 Å². The molecule has 3 aromatic rings. The summed E-state index contributed by atoms with van der Waals surface area (Å²) in [6.45, 7) is 6.56. The number of carbonyl (C=O) groups excluding carboxylic acids is 1. The smallest absolute Gasteiger partial charge is 0.257 e. The Morgan fingerprint density at radius 1 is 1.03 bits per heavy atom. The summed E-state index contributed by atoms with van der Waals surface area (Å²) < 4.78 is 53.0. The predicted octanol–water partition coefficient (Wildman–Crippen LogP) is 4.52. The number of hydrogen-bond acceptors (Lipinski definition) is 10. The van der Waals surface area contributed by atoms with Crippen molar-refractivity contribution < 1.29 is 36.9 Å². The topological polar surface area (TPSA) is 154 Å². The van der Waals surface area contributed by atoms with Crippen molar-refractivity contribution in [1.82, 2.24) is 9.97 Å². The summed E-state index contributed by atoms with van der Waals surface area (Å²) in [4.78, 5) is 21.6. The first-order chi connectivity index (χ1) is 18.2. The van der Waals surface area contributed by atoms with Crippen LogP contribution in [0.2, 0.25) is 0 Å². The first-order valence-electron chi connectivity index (χ1n) is 12.0. The Morgan fingerprint density at radius 2 is 1.69 bits per heavy atom. The van der Waals surface area contributed by atoms with Crippen LogP contribution in [0.25, 0.3) is 0 Å². The van der Waals surface area contributed by atoms with Crippen LogP contribution in [0.4, 0.5) is 5.82 Å². The molecule has 1 aromatic heterocycles. The molecule has 2 aromatic carbocycles. The van der Waals surface area contributed by atoms with E-state index >= 15 is 0 Å². The summed E-state index contributed by atoms with van der Waals surface area (Å²) >= 11 is 0. The van der Waals surface area contributed by atoms with Crippen LogP contribution in [0.5, 0.6) is 17.2 Å². The van der Waals surface area contributed by atoms with E-state index in [2.05, 4.69) is 15.3 Å². The van der Waals surface area contributed by atoms with E-state index < -0.39 is 29.2 Å². The highest BCUT2D eigenvalue weighted by molar-refractivity contribution is 7.90. The zero-order valence-corrected chi connectivity index (χ0v) is 24.0. The highest BCUT2D eigenvalue weighted by atomic mass is 32.2. The number of nitrogens with one attached hydrogen (secondary N) is 1. The lowest BCUT2D eigenvalue weighted by molar-refractivity contribution is 0.102. The molecule has 0 saturated heterocycles. The van der Waals surface area contributed by atoms with Crippen LogP contribution in [0.1, 0.15) is 36.8 Å². The lowest BCUT2D eigenvalue weighted by atomic mass is 10.2. The van der Waals surface area contributed by atoms with Crippen molar-refractivity contribution in [2.45, 2.75) is 44.0 Å². The van der Waals surface area contributed by atoms with Gasteiger partial charge in [0, 0.05) is 24.6 Å². The van der Waals surface area contributed by atoms with Gasteiger partial charge in [-0.3, -0.25) is 14.3 Å². The normalized spacial score (nSPS) is 13.9. The first-order valence-corrected chi connectivity index (χ1v) is 16.2. The summed E-state index contributed by atoms with van der Waals surface area (Å²) in [7, 11) is -6.26. The zero-order valence-electron chi connectivity index (χ0n) is 22.3. The third-order valence-electron chi connectivity index (χ3n) is 5.05. The second-order valence-electron chi connectivity index (χ2n) is 9.32. The average Bonchev–Trinajstić information content (AvgIpc) is 2.83. The minimum Gasteiger partial charge on any atom is -0.488 e. The van der Waals surface area contributed by atoms with Crippen LogP contribution in [-0.4, -0.2) is 61.1 Å². The Hall–Kier alpha value is -3.31. The van der Waals surface area contributed by atoms with Gasteiger partial charge in [-0.25, -0.2) is 13.4 Å². The van der Waals surface area contributed by atoms with Crippen molar-refractivity contribution in [3.63, 3.8) is 0 Å². The monoisotopic (exact) mass is 577 g/mol. The van der Waals surface area contributed by atoms with Gasteiger partial charge in [0.05, 0.1) is 41.9 Å². The molecule has 2 atom stereocenters. The van der Waals surface area contributed by atoms with Gasteiger partial charge in [0.15, 0.2) is 15.7 Å². The van der Waals surface area contributed by atoms with Crippen LogP contribution in [0.3, 0.4) is 0 Å². The van der Waals surface area contributed by atoms with Crippen LogP contribution >= 0.6 is 7.37 Å². The van der Waals surface area contributed by atoms with Gasteiger partial charge in [-0.1, -0.05) is 0 Å². The number of amides is 1. The van der Waals surface area contributed by atoms with E-state index in [-0.39, 0.29) is 46.6 Å². The standard InChI is InChI=1S/C26H32N3O8PS/c1-17(2)37-38(4,32)16-20-13-28-25(14-27-20)29-26(31)19-10-22(35-18(3)15-30)12-23(11-19)36-21-6-8-24(9-7-21)39(5,33)34/h6-14,17-18,30H,15-16H2,1-5H3,(H,28,29,31)/t18-,38?/m0/s1. The number of nitrogens with zero attached hydrogens (tertiary/aromatic N) is 2. The third-order valence-corrected chi connectivity index (χ3v) is 7.95. The number of carbonyl (C=O) groups is 1. The average molecular weight is 578 g/mol. The molecule has 0 aliphatic rings. The van der Waals surface area contributed by atoms with Gasteiger partial charge in [-0.2, -0.15) is 0 Å². The molecular formula is C26H32N3O8PS. The molecule has 1 amide bonds.